The molecule has 0 spiro atoms. The quantitative estimate of drug-likeness (QED) is 0.935. The van der Waals surface area contributed by atoms with Gasteiger partial charge in [-0.2, -0.15) is 0 Å². The van der Waals surface area contributed by atoms with Gasteiger partial charge in [-0.1, -0.05) is 12.1 Å². The van der Waals surface area contributed by atoms with Gasteiger partial charge in [0.25, 0.3) is 0 Å². The van der Waals surface area contributed by atoms with Gasteiger partial charge in [0, 0.05) is 18.7 Å². The van der Waals surface area contributed by atoms with Crippen molar-refractivity contribution in [3.05, 3.63) is 53.3 Å². The lowest BCUT2D eigenvalue weighted by molar-refractivity contribution is -0.123. The number of hydrogen-bond donors (Lipinski definition) is 1. The number of rotatable bonds is 3. The molecule has 128 valence electrons. The minimum Gasteiger partial charge on any atom is -0.497 e. The molecule has 0 saturated heterocycles. The van der Waals surface area contributed by atoms with Gasteiger partial charge in [-0.05, 0) is 41.8 Å². The maximum Gasteiger partial charge on any atom is 0.232 e. The summed E-state index contributed by atoms with van der Waals surface area (Å²) in [6.07, 6.45) is 0.772. The van der Waals surface area contributed by atoms with Crippen molar-refractivity contribution in [2.24, 2.45) is 0 Å². The van der Waals surface area contributed by atoms with Gasteiger partial charge in [-0.25, -0.2) is 4.39 Å². The van der Waals surface area contributed by atoms with Gasteiger partial charge in [-0.3, -0.25) is 9.59 Å². The summed E-state index contributed by atoms with van der Waals surface area (Å²) in [4.78, 5) is 26.7. The lowest BCUT2D eigenvalue weighted by atomic mass is 9.96. The van der Waals surface area contributed by atoms with Crippen LogP contribution >= 0.6 is 0 Å². The maximum atomic E-state index is 13.8. The lowest BCUT2D eigenvalue weighted by Crippen LogP contribution is -2.31. The molecule has 1 atom stereocenters. The van der Waals surface area contributed by atoms with Gasteiger partial charge in [-0.15, -0.1) is 0 Å². The Bertz CT molecular complexity index is 881. The molecule has 2 aromatic rings. The van der Waals surface area contributed by atoms with Crippen LogP contribution in [0, 0.1) is 5.82 Å². The summed E-state index contributed by atoms with van der Waals surface area (Å²) in [7, 11) is 1.61. The van der Waals surface area contributed by atoms with E-state index >= 15 is 0 Å². The number of ether oxygens (including phenoxy) is 1. The first kappa shape index (κ1) is 15.6. The molecule has 2 aromatic carbocycles. The summed E-state index contributed by atoms with van der Waals surface area (Å²) in [6.45, 7) is 0.575. The predicted molar refractivity (Wildman–Crippen MR) is 91.4 cm³/mol. The topological polar surface area (TPSA) is 58.6 Å². The molecular weight excluding hydrogens is 323 g/mol. The number of benzene rings is 2. The second-order valence-corrected chi connectivity index (χ2v) is 6.24. The minimum absolute atomic E-state index is 0.0216. The van der Waals surface area contributed by atoms with Gasteiger partial charge >= 0.3 is 0 Å². The fraction of sp³-hybridized carbons (Fsp3) is 0.263. The van der Waals surface area contributed by atoms with Crippen LogP contribution in [0.5, 0.6) is 5.75 Å². The van der Waals surface area contributed by atoms with Crippen LogP contribution in [-0.2, 0) is 16.0 Å². The van der Waals surface area contributed by atoms with Gasteiger partial charge in [0.2, 0.25) is 11.8 Å². The summed E-state index contributed by atoms with van der Waals surface area (Å²) in [5, 5.41) is 2.54. The molecule has 0 fully saturated rings. The van der Waals surface area contributed by atoms with Gasteiger partial charge in [0.05, 0.1) is 18.7 Å². The number of para-hydroxylation sites is 1. The average molecular weight is 340 g/mol. The molecule has 4 rings (SSSR count). The van der Waals surface area contributed by atoms with Crippen LogP contribution in [0.3, 0.4) is 0 Å². The molecule has 2 heterocycles. The van der Waals surface area contributed by atoms with Crippen LogP contribution < -0.4 is 15.0 Å². The zero-order valence-electron chi connectivity index (χ0n) is 13.7. The Labute approximate surface area is 144 Å². The average Bonchev–Trinajstić information content (AvgIpc) is 3.17. The van der Waals surface area contributed by atoms with Gasteiger partial charge in [0.15, 0.2) is 0 Å². The summed E-state index contributed by atoms with van der Waals surface area (Å²) < 4.78 is 19.0. The molecular formula is C19H17FN2O3. The lowest BCUT2D eigenvalue weighted by Gasteiger charge is -2.19. The number of fused-ring (bicyclic) bond motifs is 2. The van der Waals surface area contributed by atoms with Gasteiger partial charge in [0.1, 0.15) is 11.6 Å². The molecule has 0 bridgehead atoms. The van der Waals surface area contributed by atoms with E-state index in [1.807, 2.05) is 18.2 Å². The first-order chi connectivity index (χ1) is 12.1. The molecule has 1 N–H and O–H groups in total. The molecule has 5 nitrogen and oxygen atoms in total. The standard InChI is InChI=1S/C19H17FN2O3/c1-25-12-5-6-16-11(9-12)7-8-22(16)17(23)10-14-13-3-2-4-15(20)18(13)21-19(14)24/h2-6,9,14H,7-8,10H2,1H3,(H,21,24). The molecule has 6 heteroatoms. The third kappa shape index (κ3) is 2.54. The fourth-order valence-electron chi connectivity index (χ4n) is 3.57. The van der Waals surface area contributed by atoms with Gasteiger partial charge < -0.3 is 15.0 Å². The smallest absolute Gasteiger partial charge is 0.232 e. The zero-order chi connectivity index (χ0) is 17.6. The highest BCUT2D eigenvalue weighted by molar-refractivity contribution is 6.07. The highest BCUT2D eigenvalue weighted by Gasteiger charge is 2.36. The van der Waals surface area contributed by atoms with E-state index in [4.69, 9.17) is 4.74 Å². The second-order valence-electron chi connectivity index (χ2n) is 6.24. The number of methoxy groups -OCH3 is 1. The van der Waals surface area contributed by atoms with Crippen LogP contribution in [0.15, 0.2) is 36.4 Å². The van der Waals surface area contributed by atoms with Crippen molar-refractivity contribution < 1.29 is 18.7 Å². The highest BCUT2D eigenvalue weighted by atomic mass is 19.1. The van der Waals surface area contributed by atoms with Crippen LogP contribution in [0.4, 0.5) is 15.8 Å². The molecule has 2 amide bonds. The largest absolute Gasteiger partial charge is 0.497 e. The van der Waals surface area contributed by atoms with Crippen molar-refractivity contribution in [3.63, 3.8) is 0 Å². The minimum atomic E-state index is -0.652. The SMILES string of the molecule is COc1ccc2c(c1)CCN2C(=O)CC1C(=O)Nc2c(F)cccc21. The zero-order valence-corrected chi connectivity index (χ0v) is 13.7. The monoisotopic (exact) mass is 340 g/mol. The Morgan fingerprint density at radius 3 is 3.00 bits per heavy atom. The number of carbonyl (C=O) groups excluding carboxylic acids is 2. The fourth-order valence-corrected chi connectivity index (χ4v) is 3.57. The van der Waals surface area contributed by atoms with Crippen molar-refractivity contribution in [2.45, 2.75) is 18.8 Å². The van der Waals surface area contributed by atoms with E-state index in [-0.39, 0.29) is 23.9 Å². The molecule has 0 saturated carbocycles. The van der Waals surface area contributed by atoms with E-state index in [0.29, 0.717) is 12.1 Å². The van der Waals surface area contributed by atoms with E-state index in [9.17, 15) is 14.0 Å². The third-order valence-corrected chi connectivity index (χ3v) is 4.85. The first-order valence-electron chi connectivity index (χ1n) is 8.15. The molecule has 0 radical (unpaired) electrons. The van der Waals surface area contributed by atoms with E-state index < -0.39 is 11.7 Å². The van der Waals surface area contributed by atoms with Crippen molar-refractivity contribution in [3.8, 4) is 5.75 Å². The van der Waals surface area contributed by atoms with E-state index in [1.54, 1.807) is 24.1 Å². The summed E-state index contributed by atoms with van der Waals surface area (Å²) in [5.41, 5.74) is 2.64. The highest BCUT2D eigenvalue weighted by Crippen LogP contribution is 2.38. The van der Waals surface area contributed by atoms with Crippen molar-refractivity contribution >= 4 is 23.2 Å². The van der Waals surface area contributed by atoms with E-state index in [2.05, 4.69) is 5.32 Å². The van der Waals surface area contributed by atoms with E-state index in [0.717, 1.165) is 23.4 Å². The number of amides is 2. The number of nitrogens with zero attached hydrogens (tertiary/aromatic N) is 1. The number of carbonyl (C=O) groups is 2. The van der Waals surface area contributed by atoms with Crippen molar-refractivity contribution in [2.75, 3.05) is 23.9 Å². The van der Waals surface area contributed by atoms with Crippen LogP contribution in [0.2, 0.25) is 0 Å². The Morgan fingerprint density at radius 1 is 1.36 bits per heavy atom. The Kier molecular flexibility index (Phi) is 3.67. The number of nitrogens with one attached hydrogen (secondary N) is 1. The second kappa shape index (κ2) is 5.88. The van der Waals surface area contributed by atoms with Crippen molar-refractivity contribution in [1.82, 2.24) is 0 Å². The molecule has 2 aliphatic heterocycles. The molecule has 0 aliphatic carbocycles. The Hall–Kier alpha value is -2.89. The normalized spacial score (nSPS) is 17.9. The van der Waals surface area contributed by atoms with Crippen LogP contribution in [0.25, 0.3) is 0 Å². The molecule has 1 unspecified atom stereocenters. The first-order valence-corrected chi connectivity index (χ1v) is 8.15. The molecule has 0 aromatic heterocycles. The Morgan fingerprint density at radius 2 is 2.20 bits per heavy atom. The van der Waals surface area contributed by atoms with Crippen LogP contribution in [-0.4, -0.2) is 25.5 Å². The summed E-state index contributed by atoms with van der Waals surface area (Å²) in [6, 6.07) is 10.2. The summed E-state index contributed by atoms with van der Waals surface area (Å²) in [5.74, 6) is -0.837. The number of anilines is 2. The number of hydrogen-bond acceptors (Lipinski definition) is 3. The predicted octanol–water partition coefficient (Wildman–Crippen LogP) is 2.85. The third-order valence-electron chi connectivity index (χ3n) is 4.85. The maximum absolute atomic E-state index is 13.8. The van der Waals surface area contributed by atoms with E-state index in [1.165, 1.54) is 6.07 Å². The molecule has 25 heavy (non-hydrogen) atoms. The Balaban J connectivity index is 1.57. The number of halogens is 1. The molecule has 2 aliphatic rings. The van der Waals surface area contributed by atoms with Crippen molar-refractivity contribution in [1.29, 1.82) is 0 Å². The van der Waals surface area contributed by atoms with Crippen LogP contribution in [0.1, 0.15) is 23.5 Å². The summed E-state index contributed by atoms with van der Waals surface area (Å²) >= 11 is 0.